The van der Waals surface area contributed by atoms with E-state index in [1.54, 1.807) is 0 Å². The molecule has 0 saturated heterocycles. The van der Waals surface area contributed by atoms with Crippen LogP contribution in [0.5, 0.6) is 0 Å². The van der Waals surface area contributed by atoms with Gasteiger partial charge in [0, 0.05) is 39.3 Å². The van der Waals surface area contributed by atoms with Crippen LogP contribution < -0.4 is 0 Å². The van der Waals surface area contributed by atoms with Crippen molar-refractivity contribution in [3.8, 4) is 0 Å². The zero-order valence-corrected chi connectivity index (χ0v) is 59.3. The summed E-state index contributed by atoms with van der Waals surface area (Å²) in [6.45, 7) is -13.1. The van der Waals surface area contributed by atoms with Crippen LogP contribution in [0.4, 0.5) is 0 Å². The molecule has 0 aromatic heterocycles. The van der Waals surface area contributed by atoms with Crippen molar-refractivity contribution in [3.63, 3.8) is 0 Å². The second kappa shape index (κ2) is 31.8. The van der Waals surface area contributed by atoms with E-state index >= 15 is 0 Å². The number of nitrogens with zero attached hydrogens (tertiary/aromatic N) is 5. The summed E-state index contributed by atoms with van der Waals surface area (Å²) in [5, 5.41) is 0. The Bertz CT molecular complexity index is 2910. The van der Waals surface area contributed by atoms with Crippen LogP contribution in [0.1, 0.15) is 0 Å². The summed E-state index contributed by atoms with van der Waals surface area (Å²) >= 11 is 0. The van der Waals surface area contributed by atoms with E-state index in [1.807, 2.05) is 0 Å². The normalized spacial score (nSPS) is 15.8. The molecule has 59 nitrogen and oxygen atoms in total. The molecular weight excluding hydrogens is 1670 g/mol. The molecule has 0 aromatic carbocycles. The monoisotopic (exact) mass is 1730 g/mol. The molecule has 0 fully saturated rings. The molecular formula is C15H57N5O54P18. The van der Waals surface area contributed by atoms with Crippen LogP contribution in [0.3, 0.4) is 0 Å². The number of hydrogen-bond donors (Lipinski definition) is 36. The first-order chi connectivity index (χ1) is 39.1. The van der Waals surface area contributed by atoms with Gasteiger partial charge in [-0.05, 0) is 0 Å². The lowest BCUT2D eigenvalue weighted by Gasteiger charge is -2.41. The summed E-state index contributed by atoms with van der Waals surface area (Å²) < 4.78 is 216. The standard InChI is InChI=1S/C9H33N3O30P10.C6H24N2O24P8/c13-43(14,15)5(44(16,17)18)10(1-3-11(6(45(19,20)21)46(22,23)24)7(47(25,26)27)48(28,29)30)2-4-12(8(49(31,32)33)50(34,35)36)9(51(37,38)39)52(40,41)42;9-33(10,11)3(34(12,13)14)7(4(35(15,16)17)36(18,19)20)1-2-8(5(37(21,22)23)38(24,25)26)6(39(27,28)29)40(30,31)32/h5-9H,1-4H2,(H2,13,14,15)(H2,16,17,18)(H2,19,20,21)(H2,22,23,24)(H2,25,26,27)(H2,28,29,30)(H2,31,32,33)(H2,34,35,36)(H2,37,38,39)(H2,40,41,42);3-6H,1-2H2,(H2,9,10,11)(H2,12,13,14)(H2,15,16,17)(H2,18,19,20)(H2,21,22,23)(H2,24,25,26)(H2,27,28,29)(H2,30,31,32). The van der Waals surface area contributed by atoms with Crippen molar-refractivity contribution < 1.29 is 258 Å². The van der Waals surface area contributed by atoms with Gasteiger partial charge in [-0.25, -0.2) is 0 Å². The topological polar surface area (TPSA) is 1050 Å². The zero-order valence-electron chi connectivity index (χ0n) is 43.2. The van der Waals surface area contributed by atoms with Gasteiger partial charge >= 0.3 is 137 Å². The molecule has 0 aliphatic carbocycles. The SMILES string of the molecule is O=P(O)(O)C(N(CCN(C(P(=O)(O)O)P(=O)(O)O)C(P(=O)(O)O)P(=O)(O)O)C(P(=O)(O)O)P(=O)(O)O)P(=O)(O)O.O=P(O)(O)C(N(CCN(C(P(=O)(O)O)P(=O)(O)O)C(P(=O)(O)O)P(=O)(O)O)CCN(C(P(=O)(O)O)P(=O)(O)O)C(P(=O)(O)O)P(=O)(O)O)P(=O)(O)O. The second-order valence-corrected chi connectivity index (χ2v) is 51.4. The molecule has 92 heavy (non-hydrogen) atoms. The summed E-state index contributed by atoms with van der Waals surface area (Å²) in [6, 6.07) is 0. The van der Waals surface area contributed by atoms with Crippen LogP contribution in [-0.4, -0.2) is 290 Å². The van der Waals surface area contributed by atoms with Gasteiger partial charge in [-0.2, -0.15) is 0 Å². The van der Waals surface area contributed by atoms with E-state index in [2.05, 4.69) is 0 Å². The summed E-state index contributed by atoms with van der Waals surface area (Å²) in [4.78, 5) is 339. The van der Waals surface area contributed by atoms with E-state index in [0.29, 0.717) is 0 Å². The van der Waals surface area contributed by atoms with Gasteiger partial charge in [-0.1, -0.05) is 0 Å². The second-order valence-electron chi connectivity index (χ2n) is 17.7. The van der Waals surface area contributed by atoms with Gasteiger partial charge < -0.3 is 176 Å². The Kier molecular flexibility index (Phi) is 33.4. The van der Waals surface area contributed by atoms with Gasteiger partial charge in [0.1, 0.15) is 0 Å². The third-order valence-corrected chi connectivity index (χ3v) is 42.5. The number of rotatable bonds is 36. The van der Waals surface area contributed by atoms with E-state index in [4.69, 9.17) is 0 Å². The lowest BCUT2D eigenvalue weighted by Crippen LogP contribution is -2.51. The molecule has 0 aliphatic rings. The van der Waals surface area contributed by atoms with Crippen molar-refractivity contribution >= 4 is 137 Å². The number of hydrogen-bond acceptors (Lipinski definition) is 23. The molecule has 0 unspecified atom stereocenters. The van der Waals surface area contributed by atoms with Crippen LogP contribution in [0, 0.1) is 0 Å². The van der Waals surface area contributed by atoms with Crippen LogP contribution in [-0.2, 0) is 82.2 Å². The molecule has 36 N–H and O–H groups in total. The molecule has 0 bridgehead atoms. The molecule has 0 rings (SSSR count). The van der Waals surface area contributed by atoms with Crippen LogP contribution in [0.25, 0.3) is 0 Å². The molecule has 77 heteroatoms. The van der Waals surface area contributed by atoms with E-state index in [1.165, 1.54) is 0 Å². The lowest BCUT2D eigenvalue weighted by molar-refractivity contribution is 0.141. The maximum Gasteiger partial charge on any atom is 0.355 e. The van der Waals surface area contributed by atoms with Gasteiger partial charge in [0.05, 0.1) is 0 Å². The first-order valence-electron chi connectivity index (χ1n) is 20.9. The Morgan fingerprint density at radius 3 is 0.293 bits per heavy atom. The van der Waals surface area contributed by atoms with Gasteiger partial charge in [0.25, 0.3) is 0 Å². The lowest BCUT2D eigenvalue weighted by atomic mass is 10.4. The molecule has 0 aliphatic heterocycles. The first-order valence-corrected chi connectivity index (χ1v) is 51.1. The van der Waals surface area contributed by atoms with Gasteiger partial charge in [-0.15, -0.1) is 0 Å². The molecule has 0 radical (unpaired) electrons. The largest absolute Gasteiger partial charge is 0.355 e. The average molecular weight is 1730 g/mol. The average Bonchev–Trinajstić information content (AvgIpc) is 0.778. The van der Waals surface area contributed by atoms with Gasteiger partial charge in [-0.3, -0.25) is 107 Å². The molecule has 556 valence electrons. The van der Waals surface area contributed by atoms with Crippen molar-refractivity contribution in [2.24, 2.45) is 0 Å². The molecule has 0 saturated carbocycles. The Labute approximate surface area is 507 Å². The fourth-order valence-electron chi connectivity index (χ4n) is 7.74. The fraction of sp³-hybridized carbons (Fsp3) is 1.00. The predicted octanol–water partition coefficient (Wildman–Crippen LogP) is -8.77. The Morgan fingerprint density at radius 2 is 0.217 bits per heavy atom. The maximum atomic E-state index is 12.3. The highest BCUT2D eigenvalue weighted by Gasteiger charge is 2.64. The van der Waals surface area contributed by atoms with E-state index in [0.717, 1.165) is 0 Å². The quantitative estimate of drug-likeness (QED) is 0.0259. The molecule has 0 atom stereocenters. The van der Waals surface area contributed by atoms with Crippen molar-refractivity contribution in [2.75, 3.05) is 39.3 Å². The van der Waals surface area contributed by atoms with Crippen LogP contribution in [0.15, 0.2) is 0 Å². The highest BCUT2D eigenvalue weighted by Crippen LogP contribution is 2.74. The first kappa shape index (κ1) is 96.6. The van der Waals surface area contributed by atoms with E-state index in [-0.39, 0.29) is 0 Å². The third-order valence-electron chi connectivity index (χ3n) is 10.0. The fourth-order valence-corrected chi connectivity index (χ4v) is 35.0. The van der Waals surface area contributed by atoms with E-state index in [9.17, 15) is 258 Å². The minimum atomic E-state index is -6.63. The Morgan fingerprint density at radius 1 is 0.141 bits per heavy atom. The summed E-state index contributed by atoms with van der Waals surface area (Å²) in [5.74, 6) is 0. The van der Waals surface area contributed by atoms with Gasteiger partial charge in [0.2, 0.25) is 49.7 Å². The Hall–Kier alpha value is 2.50. The van der Waals surface area contributed by atoms with Crippen LogP contribution in [0.2, 0.25) is 0 Å². The van der Waals surface area contributed by atoms with Crippen molar-refractivity contribution in [2.45, 2.75) is 49.7 Å². The van der Waals surface area contributed by atoms with Crippen molar-refractivity contribution in [1.82, 2.24) is 24.5 Å². The summed E-state index contributed by atoms with van der Waals surface area (Å²) in [5.41, 5.74) is -35.9. The minimum absolute atomic E-state index is 0.582. The molecule has 0 aromatic rings. The minimum Gasteiger partial charge on any atom is -0.323 e. The maximum absolute atomic E-state index is 12.3. The van der Waals surface area contributed by atoms with Crippen molar-refractivity contribution in [1.29, 1.82) is 0 Å². The van der Waals surface area contributed by atoms with E-state index < -0.39 is 250 Å². The molecule has 0 amide bonds. The summed E-state index contributed by atoms with van der Waals surface area (Å²) in [7, 11) is -118. The Balaban J connectivity index is 0. The third kappa shape index (κ3) is 29.7. The van der Waals surface area contributed by atoms with Crippen LogP contribution >= 0.6 is 137 Å². The predicted molar refractivity (Wildman–Crippen MR) is 289 cm³/mol. The van der Waals surface area contributed by atoms with Crippen molar-refractivity contribution in [3.05, 3.63) is 0 Å². The smallest absolute Gasteiger partial charge is 0.323 e. The zero-order chi connectivity index (χ0) is 75.3. The highest BCUT2D eigenvalue weighted by atomic mass is 31.3. The molecule has 0 spiro atoms. The summed E-state index contributed by atoms with van der Waals surface area (Å²) in [6.07, 6.45) is 0. The highest BCUT2D eigenvalue weighted by molar-refractivity contribution is 7.75. The molecule has 0 heterocycles. The van der Waals surface area contributed by atoms with Gasteiger partial charge in [0.15, 0.2) is 0 Å².